The second-order valence-corrected chi connectivity index (χ2v) is 5.85. The first kappa shape index (κ1) is 18.9. The molecule has 3 aromatic rings. The number of benzene rings is 1. The predicted molar refractivity (Wildman–Crippen MR) is 105 cm³/mol. The largest absolute Gasteiger partial charge is 0.462 e. The normalized spacial score (nSPS) is 10.6. The van der Waals surface area contributed by atoms with E-state index in [2.05, 4.69) is 15.6 Å². The second-order valence-electron chi connectivity index (χ2n) is 5.85. The highest BCUT2D eigenvalue weighted by molar-refractivity contribution is 6.01. The summed E-state index contributed by atoms with van der Waals surface area (Å²) < 4.78 is 11.1. The Morgan fingerprint density at radius 3 is 2.54 bits per heavy atom. The molecular weight excluding hydrogens is 358 g/mol. The van der Waals surface area contributed by atoms with Crippen LogP contribution in [0.15, 0.2) is 65.2 Å². The van der Waals surface area contributed by atoms with Crippen molar-refractivity contribution in [2.75, 3.05) is 12.4 Å². The lowest BCUT2D eigenvalue weighted by Crippen LogP contribution is -2.18. The van der Waals surface area contributed by atoms with Crippen molar-refractivity contribution in [1.29, 1.82) is 0 Å². The summed E-state index contributed by atoms with van der Waals surface area (Å²) in [5.41, 5.74) is 0.890. The van der Waals surface area contributed by atoms with Crippen molar-refractivity contribution >= 4 is 23.6 Å². The number of rotatable bonds is 6. The van der Waals surface area contributed by atoms with Gasteiger partial charge in [0.2, 0.25) is 5.91 Å². The van der Waals surface area contributed by atoms with Crippen molar-refractivity contribution in [3.63, 3.8) is 0 Å². The van der Waals surface area contributed by atoms with Crippen LogP contribution in [-0.2, 0) is 4.79 Å². The van der Waals surface area contributed by atoms with Gasteiger partial charge in [-0.25, -0.2) is 0 Å². The second kappa shape index (κ2) is 8.68. The Morgan fingerprint density at radius 2 is 1.86 bits per heavy atom. The van der Waals surface area contributed by atoms with Gasteiger partial charge < -0.3 is 19.8 Å². The van der Waals surface area contributed by atoms with E-state index in [1.54, 1.807) is 48.5 Å². The quantitative estimate of drug-likeness (QED) is 0.638. The Balaban J connectivity index is 1.59. The number of furan rings is 1. The molecule has 28 heavy (non-hydrogen) atoms. The van der Waals surface area contributed by atoms with Gasteiger partial charge in [0.15, 0.2) is 0 Å². The third-order valence-electron chi connectivity index (χ3n) is 3.71. The van der Waals surface area contributed by atoms with Gasteiger partial charge in [-0.1, -0.05) is 0 Å². The molecule has 0 saturated carbocycles. The van der Waals surface area contributed by atoms with Crippen molar-refractivity contribution in [1.82, 2.24) is 10.3 Å². The van der Waals surface area contributed by atoms with Gasteiger partial charge in [0.05, 0.1) is 0 Å². The van der Waals surface area contributed by atoms with Crippen molar-refractivity contribution in [3.8, 4) is 11.5 Å². The molecule has 2 aromatic heterocycles. The summed E-state index contributed by atoms with van der Waals surface area (Å²) in [7, 11) is 1.54. The Kier molecular flexibility index (Phi) is 5.86. The Morgan fingerprint density at radius 1 is 1.07 bits per heavy atom. The predicted octanol–water partition coefficient (Wildman–Crippen LogP) is 3.79. The van der Waals surface area contributed by atoms with E-state index in [1.165, 1.54) is 19.3 Å². The van der Waals surface area contributed by atoms with Crippen LogP contribution in [0.3, 0.4) is 0 Å². The average molecular weight is 377 g/mol. The molecule has 0 aliphatic rings. The van der Waals surface area contributed by atoms with Crippen molar-refractivity contribution in [2.24, 2.45) is 0 Å². The molecule has 0 atom stereocenters. The number of ether oxygens (including phenoxy) is 1. The van der Waals surface area contributed by atoms with Crippen LogP contribution >= 0.6 is 0 Å². The molecule has 2 amide bonds. The van der Waals surface area contributed by atoms with Crippen LogP contribution in [0.4, 0.5) is 5.69 Å². The zero-order valence-electron chi connectivity index (χ0n) is 15.4. The third-order valence-corrected chi connectivity index (χ3v) is 3.71. The molecule has 2 N–H and O–H groups in total. The summed E-state index contributed by atoms with van der Waals surface area (Å²) in [5.74, 6) is 1.89. The standard InChI is InChI=1S/C21H19N3O4/c1-14-3-6-16(27-14)9-10-20(25)24-15-4-7-17(8-5-15)28-18-11-12-23-19(13-18)21(26)22-2/h3-13H,1-2H3,(H,22,26)(H,24,25). The van der Waals surface area contributed by atoms with Gasteiger partial charge in [0.25, 0.3) is 5.91 Å². The SMILES string of the molecule is CNC(=O)c1cc(Oc2ccc(NC(=O)C=Cc3ccc(C)o3)cc2)ccn1. The third kappa shape index (κ3) is 5.07. The van der Waals surface area contributed by atoms with E-state index in [9.17, 15) is 9.59 Å². The van der Waals surface area contributed by atoms with Crippen LogP contribution in [0.2, 0.25) is 0 Å². The van der Waals surface area contributed by atoms with E-state index in [1.807, 2.05) is 13.0 Å². The molecule has 0 spiro atoms. The number of carbonyl (C=O) groups excluding carboxylic acids is 2. The minimum atomic E-state index is -0.290. The molecule has 7 nitrogen and oxygen atoms in total. The van der Waals surface area contributed by atoms with Gasteiger partial charge in [-0.05, 0) is 55.5 Å². The molecular formula is C21H19N3O4. The van der Waals surface area contributed by atoms with Gasteiger partial charge in [-0.2, -0.15) is 0 Å². The lowest BCUT2D eigenvalue weighted by molar-refractivity contribution is -0.111. The Hall–Kier alpha value is -3.87. The summed E-state index contributed by atoms with van der Waals surface area (Å²) in [6, 6.07) is 13.7. The molecule has 142 valence electrons. The van der Waals surface area contributed by atoms with Gasteiger partial charge in [-0.3, -0.25) is 14.6 Å². The fourth-order valence-corrected chi connectivity index (χ4v) is 2.35. The molecule has 0 unspecified atom stereocenters. The molecule has 1 aromatic carbocycles. The number of hydrogen-bond acceptors (Lipinski definition) is 5. The number of nitrogens with one attached hydrogen (secondary N) is 2. The van der Waals surface area contributed by atoms with Crippen molar-refractivity contribution in [2.45, 2.75) is 6.92 Å². The molecule has 3 rings (SSSR count). The number of carbonyl (C=O) groups is 2. The van der Waals surface area contributed by atoms with Crippen LogP contribution < -0.4 is 15.4 Å². The highest BCUT2D eigenvalue weighted by Gasteiger charge is 2.07. The van der Waals surface area contributed by atoms with E-state index in [0.717, 1.165) is 5.76 Å². The molecule has 7 heteroatoms. The zero-order valence-corrected chi connectivity index (χ0v) is 15.4. The van der Waals surface area contributed by atoms with Crippen LogP contribution in [0.5, 0.6) is 11.5 Å². The van der Waals surface area contributed by atoms with Crippen molar-refractivity contribution in [3.05, 3.63) is 78.0 Å². The summed E-state index contributed by atoms with van der Waals surface area (Å²) >= 11 is 0. The number of aryl methyl sites for hydroxylation is 1. The first-order valence-electron chi connectivity index (χ1n) is 8.55. The maximum absolute atomic E-state index is 12.0. The van der Waals surface area contributed by atoms with Gasteiger partial charge in [0.1, 0.15) is 28.7 Å². The van der Waals surface area contributed by atoms with E-state index < -0.39 is 0 Å². The minimum Gasteiger partial charge on any atom is -0.462 e. The highest BCUT2D eigenvalue weighted by Crippen LogP contribution is 2.23. The number of pyridine rings is 1. The minimum absolute atomic E-state index is 0.266. The summed E-state index contributed by atoms with van der Waals surface area (Å²) in [4.78, 5) is 27.6. The molecule has 0 saturated heterocycles. The smallest absolute Gasteiger partial charge is 0.269 e. The molecule has 0 bridgehead atoms. The van der Waals surface area contributed by atoms with Gasteiger partial charge in [-0.15, -0.1) is 0 Å². The zero-order chi connectivity index (χ0) is 19.9. The monoisotopic (exact) mass is 377 g/mol. The lowest BCUT2D eigenvalue weighted by Gasteiger charge is -2.08. The lowest BCUT2D eigenvalue weighted by atomic mass is 10.3. The summed E-state index contributed by atoms with van der Waals surface area (Å²) in [6.07, 6.45) is 4.51. The van der Waals surface area contributed by atoms with Crippen molar-refractivity contribution < 1.29 is 18.7 Å². The fourth-order valence-electron chi connectivity index (χ4n) is 2.35. The fraction of sp³-hybridized carbons (Fsp3) is 0.0952. The summed E-state index contributed by atoms with van der Waals surface area (Å²) in [5, 5.41) is 5.27. The number of nitrogens with zero attached hydrogens (tertiary/aromatic N) is 1. The number of anilines is 1. The van der Waals surface area contributed by atoms with E-state index >= 15 is 0 Å². The highest BCUT2D eigenvalue weighted by atomic mass is 16.5. The van der Waals surface area contributed by atoms with Crippen LogP contribution in [-0.4, -0.2) is 23.8 Å². The van der Waals surface area contributed by atoms with Crippen LogP contribution in [0, 0.1) is 6.92 Å². The average Bonchev–Trinajstić information content (AvgIpc) is 3.13. The molecule has 0 fully saturated rings. The maximum atomic E-state index is 12.0. The van der Waals surface area contributed by atoms with E-state index in [-0.39, 0.29) is 17.5 Å². The van der Waals surface area contributed by atoms with Gasteiger partial charge in [0, 0.05) is 31.1 Å². The molecule has 0 aliphatic heterocycles. The first-order valence-corrected chi connectivity index (χ1v) is 8.55. The Bertz CT molecular complexity index is 1010. The first-order chi connectivity index (χ1) is 13.5. The number of amides is 2. The Labute approximate surface area is 162 Å². The summed E-state index contributed by atoms with van der Waals surface area (Å²) in [6.45, 7) is 1.84. The topological polar surface area (TPSA) is 93.5 Å². The van der Waals surface area contributed by atoms with Crippen LogP contribution in [0.1, 0.15) is 22.0 Å². The molecule has 0 aliphatic carbocycles. The van der Waals surface area contributed by atoms with E-state index in [0.29, 0.717) is 22.9 Å². The molecule has 0 radical (unpaired) electrons. The number of hydrogen-bond donors (Lipinski definition) is 2. The number of aromatic nitrogens is 1. The maximum Gasteiger partial charge on any atom is 0.269 e. The molecule has 2 heterocycles. The van der Waals surface area contributed by atoms with Gasteiger partial charge >= 0.3 is 0 Å². The van der Waals surface area contributed by atoms with E-state index in [4.69, 9.17) is 9.15 Å². The van der Waals surface area contributed by atoms with Crippen LogP contribution in [0.25, 0.3) is 6.08 Å².